The molecule has 0 aromatic heterocycles. The fraction of sp³-hybridized carbons (Fsp3) is 0.308. The first-order valence-electron chi connectivity index (χ1n) is 10.3. The third-order valence-electron chi connectivity index (χ3n) is 6.65. The van der Waals surface area contributed by atoms with Gasteiger partial charge in [0.15, 0.2) is 0 Å². The maximum absolute atomic E-state index is 4.93. The number of rotatable bonds is 2. The monoisotopic (exact) mass is 530 g/mol. The molecule has 0 spiro atoms. The van der Waals surface area contributed by atoms with Crippen molar-refractivity contribution >= 4 is 25.1 Å². The molecule has 10 radical (unpaired) electrons. The van der Waals surface area contributed by atoms with Crippen molar-refractivity contribution in [2.45, 2.75) is 54.6 Å². The second-order valence-corrected chi connectivity index (χ2v) is 17.1. The van der Waals surface area contributed by atoms with E-state index in [-0.39, 0.29) is 0 Å². The molecule has 2 fully saturated rings. The Morgan fingerprint density at radius 3 is 1.23 bits per heavy atom. The Morgan fingerprint density at radius 2 is 0.900 bits per heavy atom. The summed E-state index contributed by atoms with van der Waals surface area (Å²) >= 11 is -0.826. The van der Waals surface area contributed by atoms with E-state index in [9.17, 15) is 0 Å². The molecule has 0 N–H and O–H groups in total. The van der Waals surface area contributed by atoms with Crippen molar-refractivity contribution in [2.75, 3.05) is 0 Å². The molecule has 0 heterocycles. The van der Waals surface area contributed by atoms with Gasteiger partial charge in [-0.2, -0.15) is 0 Å². The Labute approximate surface area is 205 Å². The molecular weight excluding hydrogens is 503 g/mol. The zero-order valence-electron chi connectivity index (χ0n) is 19.2. The summed E-state index contributed by atoms with van der Waals surface area (Å²) in [5, 5.41) is 0. The van der Waals surface area contributed by atoms with E-state index in [1.54, 1.807) is 11.1 Å². The average molecular weight is 533 g/mol. The fourth-order valence-corrected chi connectivity index (χ4v) is 9.31. The van der Waals surface area contributed by atoms with Crippen LogP contribution in [0.4, 0.5) is 0 Å². The molecule has 2 saturated carbocycles. The van der Waals surface area contributed by atoms with Crippen molar-refractivity contribution in [1.29, 1.82) is 0 Å². The summed E-state index contributed by atoms with van der Waals surface area (Å²) in [6.07, 6.45) is 14.4. The molecule has 154 valence electrons. The number of hydrogen-bond donors (Lipinski definition) is 0. The number of allylic oxidation sites excluding steroid dienone is 8. The topological polar surface area (TPSA) is 0 Å². The molecule has 0 bridgehead atoms. The van der Waals surface area contributed by atoms with E-state index < -0.39 is 28.9 Å². The van der Waals surface area contributed by atoms with Gasteiger partial charge in [-0.1, -0.05) is 73.5 Å². The molecule has 0 unspecified atom stereocenters. The maximum atomic E-state index is 4.93. The number of fused-ring (bicyclic) bond motifs is 2. The SMILES string of the molecule is C[C]1[CH][C]2C=C(C)C(C)=C[C]2[C]1[Si](C)(C)[C]1[C](C)[CH][C]2C=C(C)C(C)=C[C]21.[Cl][Zr+2][Cl]. The summed E-state index contributed by atoms with van der Waals surface area (Å²) in [6, 6.07) is 0. The Balaban J connectivity index is 0.000000806. The Bertz CT molecular complexity index is 716. The summed E-state index contributed by atoms with van der Waals surface area (Å²) in [4.78, 5) is 0. The molecule has 4 rings (SSSR count). The Hall–Kier alpha value is 0.640. The minimum atomic E-state index is -1.85. The zero-order valence-corrected chi connectivity index (χ0v) is 24.2. The minimum absolute atomic E-state index is 0.826. The van der Waals surface area contributed by atoms with Crippen LogP contribution in [0.25, 0.3) is 0 Å². The van der Waals surface area contributed by atoms with Gasteiger partial charge in [-0.05, 0) is 63.5 Å². The van der Waals surface area contributed by atoms with Crippen molar-refractivity contribution in [2.24, 2.45) is 0 Å². The predicted octanol–water partition coefficient (Wildman–Crippen LogP) is 8.03. The molecule has 0 nitrogen and oxygen atoms in total. The molecule has 0 amide bonds. The molecule has 0 aliphatic heterocycles. The van der Waals surface area contributed by atoms with Gasteiger partial charge in [0, 0.05) is 23.7 Å². The summed E-state index contributed by atoms with van der Waals surface area (Å²) in [5.41, 5.74) is 8.81. The van der Waals surface area contributed by atoms with Crippen LogP contribution in [0.15, 0.2) is 46.6 Å². The van der Waals surface area contributed by atoms with Crippen molar-refractivity contribution in [3.8, 4) is 0 Å². The summed E-state index contributed by atoms with van der Waals surface area (Å²) in [7, 11) is 8.02. The molecule has 0 saturated heterocycles. The zero-order chi connectivity index (χ0) is 22.4. The van der Waals surface area contributed by atoms with Crippen molar-refractivity contribution < 1.29 is 20.8 Å². The third-order valence-corrected chi connectivity index (χ3v) is 10.5. The van der Waals surface area contributed by atoms with Crippen molar-refractivity contribution in [1.82, 2.24) is 0 Å². The second-order valence-electron chi connectivity index (χ2n) is 9.15. The normalized spacial score (nSPS) is 25.7. The summed E-state index contributed by atoms with van der Waals surface area (Å²) in [5.74, 6) is 8.70. The molecule has 4 heteroatoms. The van der Waals surface area contributed by atoms with Gasteiger partial charge in [0.2, 0.25) is 0 Å². The first kappa shape index (κ1) is 25.3. The Kier molecular flexibility index (Phi) is 8.31. The second kappa shape index (κ2) is 9.87. The molecule has 4 aliphatic rings. The summed E-state index contributed by atoms with van der Waals surface area (Å²) in [6.45, 7) is 18.6. The van der Waals surface area contributed by atoms with Crippen LogP contribution in [0, 0.1) is 59.4 Å². The van der Waals surface area contributed by atoms with E-state index in [1.165, 1.54) is 57.8 Å². The van der Waals surface area contributed by atoms with E-state index >= 15 is 0 Å². The van der Waals surface area contributed by atoms with Crippen LogP contribution in [0.1, 0.15) is 41.5 Å². The van der Waals surface area contributed by atoms with Crippen LogP contribution >= 0.6 is 17.0 Å². The van der Waals surface area contributed by atoms with Crippen LogP contribution < -0.4 is 0 Å². The molecule has 4 aliphatic carbocycles. The van der Waals surface area contributed by atoms with Gasteiger partial charge < -0.3 is 0 Å². The summed E-state index contributed by atoms with van der Waals surface area (Å²) < 4.78 is 0. The van der Waals surface area contributed by atoms with Gasteiger partial charge in [-0.25, -0.2) is 0 Å². The van der Waals surface area contributed by atoms with E-state index in [0.717, 1.165) is 0 Å². The van der Waals surface area contributed by atoms with Gasteiger partial charge in [-0.3, -0.25) is 0 Å². The van der Waals surface area contributed by atoms with Crippen LogP contribution in [0.5, 0.6) is 0 Å². The van der Waals surface area contributed by atoms with E-state index in [2.05, 4.69) is 91.8 Å². The van der Waals surface area contributed by atoms with E-state index in [4.69, 9.17) is 17.0 Å². The quantitative estimate of drug-likeness (QED) is 0.316. The molecule has 0 aromatic rings. The average Bonchev–Trinajstić information content (AvgIpc) is 3.12. The third kappa shape index (κ3) is 4.64. The standard InChI is InChI=1S/C26H30Si.2ClH.Zr/c1-15-9-21-11-19(5)25(23(21)13-17(15)3)27(7,8)26-20(6)12-22-10-16(2)18(4)14-24(22)26;;;/h9-14H,1-8H3;2*1H;/q;;;+4/p-2. The van der Waals surface area contributed by atoms with Crippen LogP contribution in [0.2, 0.25) is 13.1 Å². The predicted molar refractivity (Wildman–Crippen MR) is 130 cm³/mol. The number of halogens is 2. The van der Waals surface area contributed by atoms with Crippen LogP contribution in [-0.2, 0) is 20.8 Å². The van der Waals surface area contributed by atoms with Gasteiger partial charge >= 0.3 is 37.9 Å². The van der Waals surface area contributed by atoms with E-state index in [1.807, 2.05) is 0 Å². The van der Waals surface area contributed by atoms with Crippen LogP contribution in [-0.4, -0.2) is 8.07 Å². The molecule has 0 aromatic carbocycles. The molecule has 30 heavy (non-hydrogen) atoms. The Morgan fingerprint density at radius 1 is 0.600 bits per heavy atom. The van der Waals surface area contributed by atoms with Gasteiger partial charge in [0.25, 0.3) is 0 Å². The van der Waals surface area contributed by atoms with Gasteiger partial charge in [0.1, 0.15) is 0 Å². The van der Waals surface area contributed by atoms with Crippen molar-refractivity contribution in [3.63, 3.8) is 0 Å². The van der Waals surface area contributed by atoms with Crippen molar-refractivity contribution in [3.05, 3.63) is 106 Å². The molecule has 0 atom stereocenters. The van der Waals surface area contributed by atoms with E-state index in [0.29, 0.717) is 0 Å². The van der Waals surface area contributed by atoms with Gasteiger partial charge in [0.05, 0.1) is 8.07 Å². The fourth-order valence-electron chi connectivity index (χ4n) is 5.17. The first-order chi connectivity index (χ1) is 14.0. The van der Waals surface area contributed by atoms with Gasteiger partial charge in [-0.15, -0.1) is 0 Å². The van der Waals surface area contributed by atoms with Crippen LogP contribution in [0.3, 0.4) is 0 Å². The number of hydrogen-bond acceptors (Lipinski definition) is 0. The first-order valence-corrected chi connectivity index (χ1v) is 19.7. The molecular formula is C26H30Cl2SiZr+2.